The van der Waals surface area contributed by atoms with Gasteiger partial charge in [0.25, 0.3) is 0 Å². The summed E-state index contributed by atoms with van der Waals surface area (Å²) in [7, 11) is 5.22. The van der Waals surface area contributed by atoms with Gasteiger partial charge >= 0.3 is 5.97 Å². The van der Waals surface area contributed by atoms with E-state index in [1.807, 2.05) is 54.2 Å². The van der Waals surface area contributed by atoms with Crippen molar-refractivity contribution >= 4 is 28.8 Å². The molecule has 1 fully saturated rings. The molecule has 3 aliphatic rings. The number of methoxy groups -OCH3 is 2. The van der Waals surface area contributed by atoms with Crippen LogP contribution in [0.25, 0.3) is 0 Å². The van der Waals surface area contributed by atoms with Crippen molar-refractivity contribution in [2.45, 2.75) is 39.3 Å². The van der Waals surface area contributed by atoms with Gasteiger partial charge in [-0.25, -0.2) is 9.79 Å². The summed E-state index contributed by atoms with van der Waals surface area (Å²) in [6.45, 7) is 8.56. The predicted octanol–water partition coefficient (Wildman–Crippen LogP) is 3.39. The van der Waals surface area contributed by atoms with Gasteiger partial charge in [0.1, 0.15) is 0 Å². The average Bonchev–Trinajstić information content (AvgIpc) is 3.24. The molecule has 1 atom stereocenters. The van der Waals surface area contributed by atoms with Gasteiger partial charge in [0, 0.05) is 37.4 Å². The minimum atomic E-state index is -0.588. The van der Waals surface area contributed by atoms with Crippen LogP contribution >= 0.6 is 11.8 Å². The van der Waals surface area contributed by atoms with Crippen LogP contribution in [0, 0.1) is 0 Å². The SMILES string of the molecule is COc1cccc([C@@H]2C(C(=O)OC(C)C)=C(C)N=C3SC=C(CC(=O)N4CCN(C)CC4)N32)c1OC. The Bertz CT molecular complexity index is 1120. The second kappa shape index (κ2) is 11.0. The number of nitrogens with zero attached hydrogens (tertiary/aromatic N) is 4. The fraction of sp³-hybridized carbons (Fsp3) is 0.500. The minimum absolute atomic E-state index is 0.0603. The molecule has 0 saturated carbocycles. The Morgan fingerprint density at radius 2 is 1.86 bits per heavy atom. The highest BCUT2D eigenvalue weighted by atomic mass is 32.2. The van der Waals surface area contributed by atoms with Gasteiger partial charge in [-0.15, -0.1) is 0 Å². The number of hydrogen-bond donors (Lipinski definition) is 0. The first kappa shape index (κ1) is 26.1. The maximum Gasteiger partial charge on any atom is 0.338 e. The molecule has 194 valence electrons. The molecule has 1 aromatic rings. The summed E-state index contributed by atoms with van der Waals surface area (Å²) in [6.07, 6.45) is -0.0813. The molecule has 0 N–H and O–H groups in total. The smallest absolute Gasteiger partial charge is 0.338 e. The maximum atomic E-state index is 13.4. The van der Waals surface area contributed by atoms with E-state index in [0.717, 1.165) is 24.4 Å². The van der Waals surface area contributed by atoms with Crippen molar-refractivity contribution in [3.05, 3.63) is 46.1 Å². The fourth-order valence-electron chi connectivity index (χ4n) is 4.65. The number of carbonyl (C=O) groups excluding carboxylic acids is 2. The molecule has 0 aromatic heterocycles. The molecule has 3 heterocycles. The molecule has 1 saturated heterocycles. The molecule has 1 amide bonds. The van der Waals surface area contributed by atoms with Gasteiger partial charge in [-0.3, -0.25) is 4.79 Å². The third kappa shape index (κ3) is 5.10. The number of allylic oxidation sites excluding steroid dienone is 1. The lowest BCUT2D eigenvalue weighted by molar-refractivity contribution is -0.143. The Hall–Kier alpha value is -2.98. The number of amides is 1. The van der Waals surface area contributed by atoms with Crippen molar-refractivity contribution in [2.75, 3.05) is 47.4 Å². The summed E-state index contributed by atoms with van der Waals surface area (Å²) in [5.41, 5.74) is 2.52. The van der Waals surface area contributed by atoms with E-state index in [9.17, 15) is 9.59 Å². The second-order valence-corrected chi connectivity index (χ2v) is 10.1. The van der Waals surface area contributed by atoms with Crippen LogP contribution in [0.3, 0.4) is 0 Å². The zero-order valence-electron chi connectivity index (χ0n) is 21.7. The van der Waals surface area contributed by atoms with Crippen molar-refractivity contribution in [3.63, 3.8) is 0 Å². The van der Waals surface area contributed by atoms with Crippen LogP contribution in [0.2, 0.25) is 0 Å². The number of para-hydroxylation sites is 1. The van der Waals surface area contributed by atoms with Gasteiger partial charge in [-0.1, -0.05) is 23.9 Å². The van der Waals surface area contributed by atoms with E-state index in [0.29, 0.717) is 41.0 Å². The molecule has 0 radical (unpaired) electrons. The Balaban J connectivity index is 1.75. The van der Waals surface area contributed by atoms with Gasteiger partial charge in [-0.2, -0.15) is 0 Å². The molecule has 1 aromatic carbocycles. The van der Waals surface area contributed by atoms with Crippen LogP contribution in [0.15, 0.2) is 45.6 Å². The highest BCUT2D eigenvalue weighted by molar-refractivity contribution is 8.16. The average molecular weight is 515 g/mol. The van der Waals surface area contributed by atoms with E-state index in [1.54, 1.807) is 14.2 Å². The van der Waals surface area contributed by atoms with Crippen LogP contribution < -0.4 is 9.47 Å². The maximum absolute atomic E-state index is 13.4. The number of carbonyl (C=O) groups is 2. The predicted molar refractivity (Wildman–Crippen MR) is 140 cm³/mol. The van der Waals surface area contributed by atoms with Crippen LogP contribution in [0.5, 0.6) is 11.5 Å². The lowest BCUT2D eigenvalue weighted by atomic mass is 9.92. The number of thioether (sulfide) groups is 1. The lowest BCUT2D eigenvalue weighted by Gasteiger charge is -2.38. The van der Waals surface area contributed by atoms with Gasteiger partial charge < -0.3 is 28.9 Å². The third-order valence-corrected chi connectivity index (χ3v) is 7.37. The molecular formula is C26H34N4O5S. The molecule has 0 spiro atoms. The Morgan fingerprint density at radius 1 is 1.14 bits per heavy atom. The van der Waals surface area contributed by atoms with Crippen LogP contribution in [-0.4, -0.2) is 85.3 Å². The van der Waals surface area contributed by atoms with E-state index in [4.69, 9.17) is 19.2 Å². The quantitative estimate of drug-likeness (QED) is 0.512. The zero-order chi connectivity index (χ0) is 26.0. The van der Waals surface area contributed by atoms with E-state index in [-0.39, 0.29) is 18.4 Å². The molecular weight excluding hydrogens is 480 g/mol. The van der Waals surface area contributed by atoms with Gasteiger partial charge in [0.15, 0.2) is 16.7 Å². The fourth-order valence-corrected chi connectivity index (χ4v) is 5.62. The topological polar surface area (TPSA) is 83.9 Å². The van der Waals surface area contributed by atoms with E-state index < -0.39 is 12.0 Å². The summed E-state index contributed by atoms with van der Waals surface area (Å²) in [5, 5.41) is 2.67. The van der Waals surface area contributed by atoms with Crippen LogP contribution in [0.4, 0.5) is 0 Å². The molecule has 0 bridgehead atoms. The summed E-state index contributed by atoms with van der Waals surface area (Å²) in [5.74, 6) is 0.696. The highest BCUT2D eigenvalue weighted by Crippen LogP contribution is 2.48. The number of likely N-dealkylation sites (N-methyl/N-ethyl adjacent to an activating group) is 1. The van der Waals surface area contributed by atoms with Gasteiger partial charge in [0.2, 0.25) is 5.91 Å². The molecule has 36 heavy (non-hydrogen) atoms. The largest absolute Gasteiger partial charge is 0.493 e. The monoisotopic (exact) mass is 514 g/mol. The number of rotatable bonds is 7. The number of amidine groups is 1. The number of hydrogen-bond acceptors (Lipinski definition) is 9. The number of fused-ring (bicyclic) bond motifs is 1. The number of ether oxygens (including phenoxy) is 3. The van der Waals surface area contributed by atoms with E-state index >= 15 is 0 Å². The number of esters is 1. The van der Waals surface area contributed by atoms with Gasteiger partial charge in [-0.05, 0) is 39.3 Å². The van der Waals surface area contributed by atoms with Crippen LogP contribution in [-0.2, 0) is 14.3 Å². The van der Waals surface area contributed by atoms with Crippen molar-refractivity contribution in [3.8, 4) is 11.5 Å². The van der Waals surface area contributed by atoms with E-state index in [2.05, 4.69) is 11.9 Å². The first-order valence-electron chi connectivity index (χ1n) is 12.1. The summed E-state index contributed by atoms with van der Waals surface area (Å²) in [6, 6.07) is 5.00. The number of piperazine rings is 1. The van der Waals surface area contributed by atoms with Crippen molar-refractivity contribution in [2.24, 2.45) is 4.99 Å². The normalized spacial score (nSPS) is 20.2. The standard InChI is InChI=1S/C26H34N4O5S/c1-16(2)35-25(32)22-17(3)27-26-30(23(22)19-8-7-9-20(33-5)24(19)34-6)18(15-36-26)14-21(31)29-12-10-28(4)11-13-29/h7-9,15-16,23H,10-14H2,1-6H3/t23-/m1/s1. The Kier molecular flexibility index (Phi) is 7.94. The van der Waals surface area contributed by atoms with Crippen LogP contribution in [0.1, 0.15) is 38.8 Å². The molecule has 9 nitrogen and oxygen atoms in total. The third-order valence-electron chi connectivity index (χ3n) is 6.48. The van der Waals surface area contributed by atoms with Crippen molar-refractivity contribution in [1.82, 2.24) is 14.7 Å². The Morgan fingerprint density at radius 3 is 2.50 bits per heavy atom. The molecule has 3 aliphatic heterocycles. The Labute approximate surface area is 216 Å². The summed E-state index contributed by atoms with van der Waals surface area (Å²) >= 11 is 1.45. The van der Waals surface area contributed by atoms with E-state index in [1.165, 1.54) is 11.8 Å². The number of benzene rings is 1. The minimum Gasteiger partial charge on any atom is -0.493 e. The zero-order valence-corrected chi connectivity index (χ0v) is 22.6. The van der Waals surface area contributed by atoms with Gasteiger partial charge in [0.05, 0.1) is 44.1 Å². The molecule has 10 heteroatoms. The van der Waals surface area contributed by atoms with Crippen molar-refractivity contribution in [1.29, 1.82) is 0 Å². The summed E-state index contributed by atoms with van der Waals surface area (Å²) in [4.78, 5) is 37.5. The van der Waals surface area contributed by atoms with Crippen molar-refractivity contribution < 1.29 is 23.8 Å². The first-order valence-corrected chi connectivity index (χ1v) is 13.0. The highest BCUT2D eigenvalue weighted by Gasteiger charge is 2.43. The molecule has 0 aliphatic carbocycles. The lowest BCUT2D eigenvalue weighted by Crippen LogP contribution is -2.47. The molecule has 4 rings (SSSR count). The summed E-state index contributed by atoms with van der Waals surface area (Å²) < 4.78 is 17.0. The molecule has 0 unspecified atom stereocenters. The first-order chi connectivity index (χ1) is 17.2. The second-order valence-electron chi connectivity index (χ2n) is 9.29. The number of aliphatic imine (C=N–C) groups is 1.